The lowest BCUT2D eigenvalue weighted by atomic mass is 9.37. The standard InChI is InChI=1S/C22H28O6/c1-11-13-5-6-14-20-10-27-22(26,21(14,9-13)18(11)28-12(2)23)17(25)16(20)19(3,4)8-7-15(20)24/h7-8,13-14,16-18,25-26H,1,5-6,9-10H2,2-4H3/t13?,14-,16+,17-,18+,20+,21-,22+/m0/s1. The van der Waals surface area contributed by atoms with Crippen LogP contribution in [-0.2, 0) is 19.1 Å². The van der Waals surface area contributed by atoms with Gasteiger partial charge in [-0.3, -0.25) is 9.59 Å². The van der Waals surface area contributed by atoms with Crippen molar-refractivity contribution in [1.82, 2.24) is 0 Å². The Morgan fingerprint density at radius 1 is 1.36 bits per heavy atom. The van der Waals surface area contributed by atoms with Crippen LogP contribution in [-0.4, -0.2) is 46.6 Å². The van der Waals surface area contributed by atoms with Gasteiger partial charge in [-0.15, -0.1) is 0 Å². The molecule has 2 spiro atoms. The molecule has 6 aliphatic rings. The molecule has 1 unspecified atom stereocenters. The lowest BCUT2D eigenvalue weighted by molar-refractivity contribution is -0.441. The van der Waals surface area contributed by atoms with Crippen LogP contribution >= 0.6 is 0 Å². The summed E-state index contributed by atoms with van der Waals surface area (Å²) in [5, 5.41) is 23.3. The average Bonchev–Trinajstić information content (AvgIpc) is 2.82. The van der Waals surface area contributed by atoms with Crippen molar-refractivity contribution in [3.05, 3.63) is 24.3 Å². The van der Waals surface area contributed by atoms with Gasteiger partial charge in [0.05, 0.1) is 17.4 Å². The molecule has 2 saturated heterocycles. The number of aliphatic hydroxyl groups excluding tert-OH is 1. The Bertz CT molecular complexity index is 829. The van der Waals surface area contributed by atoms with Crippen molar-refractivity contribution < 1.29 is 29.3 Å². The van der Waals surface area contributed by atoms with Gasteiger partial charge in [0.2, 0.25) is 5.79 Å². The molecule has 28 heavy (non-hydrogen) atoms. The zero-order valence-electron chi connectivity index (χ0n) is 16.6. The number of hydrogen-bond donors (Lipinski definition) is 2. The van der Waals surface area contributed by atoms with Crippen molar-refractivity contribution in [1.29, 1.82) is 0 Å². The summed E-state index contributed by atoms with van der Waals surface area (Å²) in [6, 6.07) is 0. The molecule has 2 heterocycles. The third-order valence-electron chi connectivity index (χ3n) is 8.64. The van der Waals surface area contributed by atoms with Gasteiger partial charge in [-0.05, 0) is 48.2 Å². The highest BCUT2D eigenvalue weighted by atomic mass is 16.6. The Morgan fingerprint density at radius 2 is 2.07 bits per heavy atom. The van der Waals surface area contributed by atoms with E-state index in [4.69, 9.17) is 9.47 Å². The van der Waals surface area contributed by atoms with Gasteiger partial charge < -0.3 is 19.7 Å². The van der Waals surface area contributed by atoms with Crippen molar-refractivity contribution in [3.63, 3.8) is 0 Å². The summed E-state index contributed by atoms with van der Waals surface area (Å²) in [6.45, 7) is 9.58. The quantitative estimate of drug-likeness (QED) is 0.525. The van der Waals surface area contributed by atoms with Crippen LogP contribution in [0.1, 0.15) is 40.0 Å². The van der Waals surface area contributed by atoms with Gasteiger partial charge in [0.15, 0.2) is 5.78 Å². The molecule has 0 amide bonds. The number of ketones is 1. The lowest BCUT2D eigenvalue weighted by Gasteiger charge is -2.72. The van der Waals surface area contributed by atoms with Gasteiger partial charge in [-0.25, -0.2) is 0 Å². The molecule has 8 atom stereocenters. The van der Waals surface area contributed by atoms with Crippen LogP contribution in [0.4, 0.5) is 0 Å². The first-order valence-electron chi connectivity index (χ1n) is 10.2. The number of aliphatic hydroxyl groups is 2. The lowest BCUT2D eigenvalue weighted by Crippen LogP contribution is -2.83. The number of fused-ring (bicyclic) bond motifs is 2. The van der Waals surface area contributed by atoms with E-state index < -0.39 is 46.1 Å². The van der Waals surface area contributed by atoms with E-state index in [1.165, 1.54) is 6.92 Å². The SMILES string of the molecule is C=C1C2CC[C@H]3[C@@]45CO[C@](O)([C@@H](O)[C@@H]4C(C)(C)C=CC5=O)[C@]3(C2)[C@@H]1OC(C)=O. The Balaban J connectivity index is 1.78. The minimum absolute atomic E-state index is 0.0560. The molecular weight excluding hydrogens is 360 g/mol. The van der Waals surface area contributed by atoms with Crippen LogP contribution in [0, 0.1) is 34.0 Å². The number of ether oxygens (including phenoxy) is 2. The van der Waals surface area contributed by atoms with Crippen molar-refractivity contribution in [3.8, 4) is 0 Å². The van der Waals surface area contributed by atoms with E-state index in [0.29, 0.717) is 12.8 Å². The predicted octanol–water partition coefficient (Wildman–Crippen LogP) is 1.75. The number of carbonyl (C=O) groups is 2. The summed E-state index contributed by atoms with van der Waals surface area (Å²) in [5.41, 5.74) is -1.70. The summed E-state index contributed by atoms with van der Waals surface area (Å²) in [5.74, 6) is -3.03. The molecule has 152 valence electrons. The number of rotatable bonds is 1. The fourth-order valence-electron chi connectivity index (χ4n) is 7.73. The van der Waals surface area contributed by atoms with Gasteiger partial charge in [-0.2, -0.15) is 0 Å². The summed E-state index contributed by atoms with van der Waals surface area (Å²) < 4.78 is 11.7. The third-order valence-corrected chi connectivity index (χ3v) is 8.64. The van der Waals surface area contributed by atoms with Gasteiger partial charge in [0.1, 0.15) is 12.2 Å². The molecule has 4 aliphatic carbocycles. The van der Waals surface area contributed by atoms with Crippen LogP contribution in [0.3, 0.4) is 0 Å². The Labute approximate surface area is 164 Å². The van der Waals surface area contributed by atoms with E-state index in [0.717, 1.165) is 12.0 Å². The molecule has 6 rings (SSSR count). The maximum absolute atomic E-state index is 13.4. The van der Waals surface area contributed by atoms with Gasteiger partial charge in [0.25, 0.3) is 0 Å². The summed E-state index contributed by atoms with van der Waals surface area (Å²) >= 11 is 0. The maximum Gasteiger partial charge on any atom is 0.303 e. The Kier molecular flexibility index (Phi) is 3.41. The first kappa shape index (κ1) is 18.5. The fraction of sp³-hybridized carbons (Fsp3) is 0.727. The minimum Gasteiger partial charge on any atom is -0.457 e. The molecule has 4 bridgehead atoms. The molecule has 3 saturated carbocycles. The zero-order chi connectivity index (χ0) is 20.3. The van der Waals surface area contributed by atoms with E-state index in [9.17, 15) is 19.8 Å². The van der Waals surface area contributed by atoms with Crippen LogP contribution in [0.15, 0.2) is 24.3 Å². The van der Waals surface area contributed by atoms with Crippen molar-refractivity contribution in [2.45, 2.75) is 58.0 Å². The minimum atomic E-state index is -1.88. The maximum atomic E-state index is 13.4. The predicted molar refractivity (Wildman–Crippen MR) is 98.7 cm³/mol. The number of allylic oxidation sites excluding steroid dienone is 2. The van der Waals surface area contributed by atoms with E-state index in [1.807, 2.05) is 19.9 Å². The smallest absolute Gasteiger partial charge is 0.303 e. The van der Waals surface area contributed by atoms with Crippen molar-refractivity contribution >= 4 is 11.8 Å². The molecule has 0 aromatic heterocycles. The van der Waals surface area contributed by atoms with E-state index >= 15 is 0 Å². The van der Waals surface area contributed by atoms with E-state index in [2.05, 4.69) is 6.58 Å². The van der Waals surface area contributed by atoms with Crippen LogP contribution < -0.4 is 0 Å². The topological polar surface area (TPSA) is 93.1 Å². The average molecular weight is 388 g/mol. The molecule has 5 fully saturated rings. The first-order chi connectivity index (χ1) is 13.0. The summed E-state index contributed by atoms with van der Waals surface area (Å²) in [7, 11) is 0. The summed E-state index contributed by atoms with van der Waals surface area (Å²) in [6.07, 6.45) is 3.49. The highest BCUT2D eigenvalue weighted by molar-refractivity contribution is 5.97. The largest absolute Gasteiger partial charge is 0.457 e. The van der Waals surface area contributed by atoms with Gasteiger partial charge in [0, 0.05) is 12.8 Å². The highest BCUT2D eigenvalue weighted by Crippen LogP contribution is 2.76. The molecule has 0 aromatic rings. The molecule has 2 aliphatic heterocycles. The highest BCUT2D eigenvalue weighted by Gasteiger charge is 2.84. The Hall–Kier alpha value is -1.50. The third kappa shape index (κ3) is 1.73. The van der Waals surface area contributed by atoms with Crippen LogP contribution in [0.5, 0.6) is 0 Å². The normalized spacial score (nSPS) is 53.0. The number of hydrogen-bond acceptors (Lipinski definition) is 6. The van der Waals surface area contributed by atoms with Gasteiger partial charge in [-0.1, -0.05) is 26.5 Å². The van der Waals surface area contributed by atoms with Crippen molar-refractivity contribution in [2.24, 2.45) is 34.0 Å². The molecule has 0 radical (unpaired) electrons. The molecular formula is C22H28O6. The zero-order valence-corrected chi connectivity index (χ0v) is 16.6. The molecule has 6 nitrogen and oxygen atoms in total. The number of carbonyl (C=O) groups excluding carboxylic acids is 2. The van der Waals surface area contributed by atoms with E-state index in [1.54, 1.807) is 6.08 Å². The molecule has 0 aromatic carbocycles. The van der Waals surface area contributed by atoms with E-state index in [-0.39, 0.29) is 24.2 Å². The van der Waals surface area contributed by atoms with Crippen LogP contribution in [0.25, 0.3) is 0 Å². The second-order valence-corrected chi connectivity index (χ2v) is 10.1. The monoisotopic (exact) mass is 388 g/mol. The fourth-order valence-corrected chi connectivity index (χ4v) is 7.73. The Morgan fingerprint density at radius 3 is 2.75 bits per heavy atom. The first-order valence-corrected chi connectivity index (χ1v) is 10.2. The van der Waals surface area contributed by atoms with Crippen molar-refractivity contribution in [2.75, 3.05) is 6.61 Å². The van der Waals surface area contributed by atoms with Gasteiger partial charge >= 0.3 is 5.97 Å². The second-order valence-electron chi connectivity index (χ2n) is 10.1. The molecule has 6 heteroatoms. The molecule has 2 N–H and O–H groups in total. The summed E-state index contributed by atoms with van der Waals surface area (Å²) in [4.78, 5) is 25.3. The number of esters is 1. The van der Waals surface area contributed by atoms with Crippen LogP contribution in [0.2, 0.25) is 0 Å². The second kappa shape index (κ2) is 5.15.